The lowest BCUT2D eigenvalue weighted by Crippen LogP contribution is -2.28. The van der Waals surface area contributed by atoms with Crippen molar-refractivity contribution in [2.75, 3.05) is 0 Å². The minimum absolute atomic E-state index is 0.0305. The number of rotatable bonds is 6. The molecule has 0 heterocycles. The van der Waals surface area contributed by atoms with E-state index in [1.807, 2.05) is 54.6 Å². The van der Waals surface area contributed by atoms with Gasteiger partial charge in [-0.3, -0.25) is 9.59 Å². The van der Waals surface area contributed by atoms with Crippen LogP contribution in [-0.4, -0.2) is 11.7 Å². The first kappa shape index (κ1) is 16.9. The Bertz CT molecular complexity index is 660. The molecule has 2 aromatic carbocycles. The number of carbonyl (C=O) groups is 2. The van der Waals surface area contributed by atoms with Gasteiger partial charge in [0, 0.05) is 18.9 Å². The first-order chi connectivity index (χ1) is 11.0. The molecule has 23 heavy (non-hydrogen) atoms. The monoisotopic (exact) mass is 309 g/mol. The Labute approximate surface area is 137 Å². The first-order valence-electron chi connectivity index (χ1n) is 7.92. The third-order valence-electron chi connectivity index (χ3n) is 3.87. The van der Waals surface area contributed by atoms with Gasteiger partial charge in [0.15, 0.2) is 5.78 Å². The number of nitrogens with one attached hydrogen (secondary N) is 1. The van der Waals surface area contributed by atoms with Crippen molar-refractivity contribution in [1.29, 1.82) is 0 Å². The fourth-order valence-corrected chi connectivity index (χ4v) is 2.54. The fourth-order valence-electron chi connectivity index (χ4n) is 2.54. The average molecular weight is 309 g/mol. The molecule has 3 heteroatoms. The summed E-state index contributed by atoms with van der Waals surface area (Å²) in [5, 5.41) is 2.87. The highest BCUT2D eigenvalue weighted by atomic mass is 16.1. The molecule has 0 aromatic heterocycles. The van der Waals surface area contributed by atoms with Gasteiger partial charge in [0.05, 0.1) is 6.04 Å². The summed E-state index contributed by atoms with van der Waals surface area (Å²) in [6, 6.07) is 17.0. The van der Waals surface area contributed by atoms with Crippen LogP contribution in [0, 0.1) is 0 Å². The molecule has 0 spiro atoms. The lowest BCUT2D eigenvalue weighted by Gasteiger charge is -2.18. The van der Waals surface area contributed by atoms with E-state index >= 15 is 0 Å². The van der Waals surface area contributed by atoms with E-state index in [0.29, 0.717) is 11.5 Å². The topological polar surface area (TPSA) is 46.2 Å². The van der Waals surface area contributed by atoms with Gasteiger partial charge in [0.25, 0.3) is 0 Å². The molecule has 1 unspecified atom stereocenters. The summed E-state index contributed by atoms with van der Waals surface area (Å²) < 4.78 is 0. The Hall–Kier alpha value is -2.42. The summed E-state index contributed by atoms with van der Waals surface area (Å²) in [5.74, 6) is 0.334. The van der Waals surface area contributed by atoms with Crippen molar-refractivity contribution in [3.63, 3.8) is 0 Å². The van der Waals surface area contributed by atoms with Crippen molar-refractivity contribution in [1.82, 2.24) is 5.32 Å². The molecular formula is C20H23NO2. The number of hydrogen-bond acceptors (Lipinski definition) is 2. The van der Waals surface area contributed by atoms with Crippen LogP contribution in [-0.2, 0) is 4.79 Å². The summed E-state index contributed by atoms with van der Waals surface area (Å²) in [6.45, 7) is 5.72. The molecule has 0 aliphatic carbocycles. The van der Waals surface area contributed by atoms with Crippen molar-refractivity contribution in [2.45, 2.75) is 39.2 Å². The van der Waals surface area contributed by atoms with Gasteiger partial charge >= 0.3 is 0 Å². The number of Topliss-reactive ketones (excluding diaryl/α,β-unsaturated/α-hetero) is 1. The lowest BCUT2D eigenvalue weighted by atomic mass is 9.95. The summed E-state index contributed by atoms with van der Waals surface area (Å²) in [5.41, 5.74) is 2.83. The molecule has 0 saturated carbocycles. The Morgan fingerprint density at radius 3 is 2.04 bits per heavy atom. The average Bonchev–Trinajstić information content (AvgIpc) is 2.54. The van der Waals surface area contributed by atoms with Crippen LogP contribution in [0.3, 0.4) is 0 Å². The van der Waals surface area contributed by atoms with Crippen LogP contribution in [0.1, 0.15) is 60.6 Å². The number of amides is 1. The molecule has 0 aliphatic heterocycles. The summed E-state index contributed by atoms with van der Waals surface area (Å²) in [4.78, 5) is 24.0. The highest BCUT2D eigenvalue weighted by molar-refractivity contribution is 5.96. The van der Waals surface area contributed by atoms with Crippen LogP contribution < -0.4 is 5.32 Å². The molecule has 3 nitrogen and oxygen atoms in total. The van der Waals surface area contributed by atoms with Gasteiger partial charge in [0.2, 0.25) is 5.91 Å². The van der Waals surface area contributed by atoms with Crippen molar-refractivity contribution in [3.05, 3.63) is 71.3 Å². The van der Waals surface area contributed by atoms with Crippen LogP contribution in [0.5, 0.6) is 0 Å². The van der Waals surface area contributed by atoms with Crippen LogP contribution in [0.4, 0.5) is 0 Å². The van der Waals surface area contributed by atoms with E-state index < -0.39 is 0 Å². The maximum Gasteiger partial charge on any atom is 0.217 e. The quantitative estimate of drug-likeness (QED) is 0.810. The molecule has 2 aromatic rings. The second-order valence-electron chi connectivity index (χ2n) is 6.07. The van der Waals surface area contributed by atoms with Gasteiger partial charge in [-0.1, -0.05) is 68.4 Å². The van der Waals surface area contributed by atoms with Crippen molar-refractivity contribution in [3.8, 4) is 0 Å². The molecule has 2 rings (SSSR count). The Balaban J connectivity index is 2.15. The molecule has 0 fully saturated rings. The van der Waals surface area contributed by atoms with Crippen molar-refractivity contribution >= 4 is 11.7 Å². The zero-order valence-corrected chi connectivity index (χ0v) is 13.9. The molecule has 1 amide bonds. The summed E-state index contributed by atoms with van der Waals surface area (Å²) in [6.07, 6.45) is 0.255. The van der Waals surface area contributed by atoms with E-state index in [0.717, 1.165) is 5.56 Å². The van der Waals surface area contributed by atoms with E-state index in [9.17, 15) is 9.59 Å². The maximum absolute atomic E-state index is 12.5. The van der Waals surface area contributed by atoms with Crippen molar-refractivity contribution in [2.24, 2.45) is 0 Å². The molecule has 0 radical (unpaired) electrons. The fraction of sp³-hybridized carbons (Fsp3) is 0.300. The third-order valence-corrected chi connectivity index (χ3v) is 3.87. The number of hydrogen-bond donors (Lipinski definition) is 1. The van der Waals surface area contributed by atoms with E-state index in [1.165, 1.54) is 12.5 Å². The zero-order chi connectivity index (χ0) is 16.8. The maximum atomic E-state index is 12.5. The first-order valence-corrected chi connectivity index (χ1v) is 7.92. The zero-order valence-electron chi connectivity index (χ0n) is 13.9. The lowest BCUT2D eigenvalue weighted by molar-refractivity contribution is -0.119. The summed E-state index contributed by atoms with van der Waals surface area (Å²) in [7, 11) is 0. The SMILES string of the molecule is CC(=O)NC(CC(=O)c1ccc(C(C)C)cc1)c1ccccc1. The van der Waals surface area contributed by atoms with Crippen LogP contribution in [0.25, 0.3) is 0 Å². The Kier molecular flexibility index (Phi) is 5.69. The van der Waals surface area contributed by atoms with Crippen molar-refractivity contribution < 1.29 is 9.59 Å². The highest BCUT2D eigenvalue weighted by Gasteiger charge is 2.18. The second kappa shape index (κ2) is 7.73. The van der Waals surface area contributed by atoms with Crippen LogP contribution in [0.15, 0.2) is 54.6 Å². The number of carbonyl (C=O) groups excluding carboxylic acids is 2. The molecule has 0 saturated heterocycles. The standard InChI is InChI=1S/C20H23NO2/c1-14(2)16-9-11-18(12-10-16)20(23)13-19(21-15(3)22)17-7-5-4-6-8-17/h4-12,14,19H,13H2,1-3H3,(H,21,22). The number of benzene rings is 2. The molecule has 120 valence electrons. The third kappa shape index (κ3) is 4.78. The normalized spacial score (nSPS) is 12.0. The predicted molar refractivity (Wildman–Crippen MR) is 92.5 cm³/mol. The van der Waals surface area contributed by atoms with Gasteiger partial charge in [-0.05, 0) is 17.0 Å². The van der Waals surface area contributed by atoms with E-state index in [1.54, 1.807) is 0 Å². The van der Waals surface area contributed by atoms with Gasteiger partial charge < -0.3 is 5.32 Å². The number of ketones is 1. The van der Waals surface area contributed by atoms with E-state index in [4.69, 9.17) is 0 Å². The van der Waals surface area contributed by atoms with Gasteiger partial charge in [-0.25, -0.2) is 0 Å². The second-order valence-corrected chi connectivity index (χ2v) is 6.07. The largest absolute Gasteiger partial charge is 0.349 e. The van der Waals surface area contributed by atoms with Gasteiger partial charge in [0.1, 0.15) is 0 Å². The Morgan fingerprint density at radius 2 is 1.52 bits per heavy atom. The molecule has 1 N–H and O–H groups in total. The van der Waals surface area contributed by atoms with E-state index in [2.05, 4.69) is 19.2 Å². The molecule has 0 aliphatic rings. The Morgan fingerprint density at radius 1 is 0.913 bits per heavy atom. The van der Waals surface area contributed by atoms with Gasteiger partial charge in [-0.2, -0.15) is 0 Å². The van der Waals surface area contributed by atoms with E-state index in [-0.39, 0.29) is 24.2 Å². The van der Waals surface area contributed by atoms with Crippen LogP contribution in [0.2, 0.25) is 0 Å². The van der Waals surface area contributed by atoms with Gasteiger partial charge in [-0.15, -0.1) is 0 Å². The van der Waals surface area contributed by atoms with Crippen LogP contribution >= 0.6 is 0 Å². The molecule has 1 atom stereocenters. The molecular weight excluding hydrogens is 286 g/mol. The highest BCUT2D eigenvalue weighted by Crippen LogP contribution is 2.21. The minimum atomic E-state index is -0.300. The minimum Gasteiger partial charge on any atom is -0.349 e. The molecule has 0 bridgehead atoms. The summed E-state index contributed by atoms with van der Waals surface area (Å²) >= 11 is 0. The smallest absolute Gasteiger partial charge is 0.217 e. The predicted octanol–water partition coefficient (Wildman–Crippen LogP) is 4.26.